The molecule has 2 aromatic rings. The predicted molar refractivity (Wildman–Crippen MR) is 117 cm³/mol. The quantitative estimate of drug-likeness (QED) is 0.387. The first-order valence-corrected chi connectivity index (χ1v) is 10.3. The second-order valence-electron chi connectivity index (χ2n) is 7.65. The molecule has 7 nitrogen and oxygen atoms in total. The Morgan fingerprint density at radius 2 is 1.94 bits per heavy atom. The fourth-order valence-electron chi connectivity index (χ4n) is 3.24. The van der Waals surface area contributed by atoms with Crippen molar-refractivity contribution in [1.29, 1.82) is 0 Å². The third kappa shape index (κ3) is 6.51. The van der Waals surface area contributed by atoms with Gasteiger partial charge in [0.25, 0.3) is 0 Å². The van der Waals surface area contributed by atoms with Crippen LogP contribution in [0.4, 0.5) is 4.39 Å². The number of carbonyl (C=O) groups is 3. The summed E-state index contributed by atoms with van der Waals surface area (Å²) in [5.74, 6) is -3.94. The summed E-state index contributed by atoms with van der Waals surface area (Å²) in [6, 6.07) is 10.3. The number of nitrogens with one attached hydrogen (secondary N) is 1. The molecule has 0 saturated heterocycles. The number of aliphatic carboxylic acids is 1. The van der Waals surface area contributed by atoms with Crippen molar-refractivity contribution >= 4 is 29.4 Å². The number of aliphatic hydroxyl groups excluding tert-OH is 1. The molecular weight excluding hydrogens is 441 g/mol. The Balaban J connectivity index is 2.29. The van der Waals surface area contributed by atoms with Crippen LogP contribution in [0.25, 0.3) is 11.1 Å². The van der Waals surface area contributed by atoms with Crippen LogP contribution in [-0.2, 0) is 25.5 Å². The van der Waals surface area contributed by atoms with Gasteiger partial charge in [-0.15, -0.1) is 0 Å². The molecule has 9 heteroatoms. The molecule has 32 heavy (non-hydrogen) atoms. The first kappa shape index (κ1) is 25.3. The van der Waals surface area contributed by atoms with Gasteiger partial charge in [-0.3, -0.25) is 9.59 Å². The highest BCUT2D eigenvalue weighted by molar-refractivity contribution is 6.32. The maximum Gasteiger partial charge on any atom is 0.396 e. The van der Waals surface area contributed by atoms with E-state index >= 15 is 0 Å². The molecule has 0 spiro atoms. The number of hydrogen-bond donors (Lipinski definition) is 3. The summed E-state index contributed by atoms with van der Waals surface area (Å²) in [6.45, 7) is 2.18. The Hall–Kier alpha value is -2.97. The zero-order valence-corrected chi connectivity index (χ0v) is 18.5. The van der Waals surface area contributed by atoms with Crippen LogP contribution < -0.4 is 5.32 Å². The number of ether oxygens (including phenoxy) is 1. The molecule has 0 heterocycles. The molecule has 0 fully saturated rings. The van der Waals surface area contributed by atoms with Crippen LogP contribution in [0.5, 0.6) is 0 Å². The van der Waals surface area contributed by atoms with Gasteiger partial charge in [-0.1, -0.05) is 35.9 Å². The first-order chi connectivity index (χ1) is 15.1. The van der Waals surface area contributed by atoms with Crippen molar-refractivity contribution in [2.45, 2.75) is 32.7 Å². The normalized spacial score (nSPS) is 13.7. The molecule has 0 aromatic heterocycles. The summed E-state index contributed by atoms with van der Waals surface area (Å²) in [5, 5.41) is 21.9. The monoisotopic (exact) mass is 465 g/mol. The van der Waals surface area contributed by atoms with Gasteiger partial charge in [-0.05, 0) is 56.0 Å². The molecule has 0 bridgehead atoms. The summed E-state index contributed by atoms with van der Waals surface area (Å²) in [4.78, 5) is 35.5. The SMILES string of the molecule is CCOC(=O)C(=O)N[C@H](Cc1ccc(-c2cccc(Cl)c2)c(F)c1)C[C@@](C)(CO)C(=O)O. The lowest BCUT2D eigenvalue weighted by atomic mass is 9.82. The van der Waals surface area contributed by atoms with Gasteiger partial charge in [0.05, 0.1) is 18.6 Å². The minimum absolute atomic E-state index is 0.00340. The molecule has 0 unspecified atom stereocenters. The van der Waals surface area contributed by atoms with Crippen molar-refractivity contribution in [2.24, 2.45) is 5.41 Å². The van der Waals surface area contributed by atoms with Crippen molar-refractivity contribution in [2.75, 3.05) is 13.2 Å². The van der Waals surface area contributed by atoms with E-state index in [1.807, 2.05) is 0 Å². The van der Waals surface area contributed by atoms with Gasteiger partial charge in [-0.2, -0.15) is 0 Å². The number of aliphatic hydroxyl groups is 1. The number of hydrogen-bond acceptors (Lipinski definition) is 5. The van der Waals surface area contributed by atoms with Crippen molar-refractivity contribution in [1.82, 2.24) is 5.32 Å². The minimum Gasteiger partial charge on any atom is -0.481 e. The largest absolute Gasteiger partial charge is 0.481 e. The van der Waals surface area contributed by atoms with Crippen LogP contribution in [0, 0.1) is 11.2 Å². The van der Waals surface area contributed by atoms with Crippen molar-refractivity contribution < 1.29 is 33.7 Å². The molecule has 0 aliphatic heterocycles. The maximum atomic E-state index is 14.8. The highest BCUT2D eigenvalue weighted by Crippen LogP contribution is 2.28. The van der Waals surface area contributed by atoms with E-state index in [4.69, 9.17) is 11.6 Å². The van der Waals surface area contributed by atoms with Crippen LogP contribution in [0.15, 0.2) is 42.5 Å². The van der Waals surface area contributed by atoms with Crippen molar-refractivity contribution in [3.63, 3.8) is 0 Å². The van der Waals surface area contributed by atoms with Crippen LogP contribution >= 0.6 is 11.6 Å². The van der Waals surface area contributed by atoms with E-state index in [0.29, 0.717) is 21.7 Å². The van der Waals surface area contributed by atoms with Gasteiger partial charge in [0.2, 0.25) is 0 Å². The fourth-order valence-corrected chi connectivity index (χ4v) is 3.43. The lowest BCUT2D eigenvalue weighted by Gasteiger charge is -2.28. The number of rotatable bonds is 9. The number of benzene rings is 2. The van der Waals surface area contributed by atoms with Crippen LogP contribution in [0.2, 0.25) is 5.02 Å². The summed E-state index contributed by atoms with van der Waals surface area (Å²) in [7, 11) is 0. The molecule has 2 atom stereocenters. The molecular formula is C23H25ClFNO6. The molecule has 0 aliphatic carbocycles. The summed E-state index contributed by atoms with van der Waals surface area (Å²) in [5.41, 5.74) is -0.194. The summed E-state index contributed by atoms with van der Waals surface area (Å²) >= 11 is 5.98. The topological polar surface area (TPSA) is 113 Å². The molecule has 2 rings (SSSR count). The average Bonchev–Trinajstić information content (AvgIpc) is 2.73. The van der Waals surface area contributed by atoms with Gasteiger partial charge in [0.15, 0.2) is 0 Å². The second-order valence-corrected chi connectivity index (χ2v) is 8.08. The lowest BCUT2D eigenvalue weighted by molar-refractivity contribution is -0.155. The molecule has 1 amide bonds. The molecule has 172 valence electrons. The average molecular weight is 466 g/mol. The number of carbonyl (C=O) groups excluding carboxylic acids is 2. The Labute approximate surface area is 190 Å². The van der Waals surface area contributed by atoms with E-state index in [1.165, 1.54) is 13.0 Å². The Kier molecular flexibility index (Phi) is 8.74. The molecule has 2 aromatic carbocycles. The van der Waals surface area contributed by atoms with Crippen LogP contribution in [-0.4, -0.2) is 47.3 Å². The Morgan fingerprint density at radius 3 is 2.50 bits per heavy atom. The molecule has 0 saturated carbocycles. The standard InChI is InChI=1S/C23H25ClFNO6/c1-3-32-21(29)20(28)26-17(12-23(2,13-27)22(30)31)9-14-7-8-18(19(25)10-14)15-5-4-6-16(24)11-15/h4-8,10-11,17,27H,3,9,12-13H2,1-2H3,(H,26,28)(H,30,31)/t17-,23+/m1/s1. The predicted octanol–water partition coefficient (Wildman–Crippen LogP) is 3.21. The van der Waals surface area contributed by atoms with E-state index in [9.17, 15) is 29.0 Å². The molecule has 0 aliphatic rings. The smallest absolute Gasteiger partial charge is 0.396 e. The summed E-state index contributed by atoms with van der Waals surface area (Å²) < 4.78 is 19.5. The Morgan fingerprint density at radius 1 is 1.22 bits per heavy atom. The third-order valence-electron chi connectivity index (χ3n) is 5.01. The van der Waals surface area contributed by atoms with Crippen molar-refractivity contribution in [3.05, 3.63) is 58.9 Å². The van der Waals surface area contributed by atoms with Gasteiger partial charge >= 0.3 is 17.8 Å². The maximum absolute atomic E-state index is 14.8. The van der Waals surface area contributed by atoms with E-state index in [0.717, 1.165) is 0 Å². The van der Waals surface area contributed by atoms with Gasteiger partial charge in [0.1, 0.15) is 5.82 Å². The number of amides is 1. The van der Waals surface area contributed by atoms with E-state index in [2.05, 4.69) is 10.1 Å². The zero-order valence-electron chi connectivity index (χ0n) is 17.7. The van der Waals surface area contributed by atoms with Crippen molar-refractivity contribution in [3.8, 4) is 11.1 Å². The van der Waals surface area contributed by atoms with Crippen LogP contribution in [0.1, 0.15) is 25.8 Å². The first-order valence-electron chi connectivity index (χ1n) is 9.96. The van der Waals surface area contributed by atoms with E-state index in [1.54, 1.807) is 43.3 Å². The van der Waals surface area contributed by atoms with Gasteiger partial charge in [-0.25, -0.2) is 9.18 Å². The fraction of sp³-hybridized carbons (Fsp3) is 0.348. The van der Waals surface area contributed by atoms with E-state index < -0.39 is 41.7 Å². The van der Waals surface area contributed by atoms with Gasteiger partial charge in [0, 0.05) is 16.6 Å². The minimum atomic E-state index is -1.58. The highest BCUT2D eigenvalue weighted by atomic mass is 35.5. The van der Waals surface area contributed by atoms with Gasteiger partial charge < -0.3 is 20.3 Å². The highest BCUT2D eigenvalue weighted by Gasteiger charge is 2.36. The van der Waals surface area contributed by atoms with E-state index in [-0.39, 0.29) is 19.4 Å². The lowest BCUT2D eigenvalue weighted by Crippen LogP contribution is -2.46. The zero-order chi connectivity index (χ0) is 23.9. The number of carboxylic acid groups (broad SMARTS) is 1. The number of carboxylic acids is 1. The third-order valence-corrected chi connectivity index (χ3v) is 5.24. The number of esters is 1. The van der Waals surface area contributed by atoms with Crippen LogP contribution in [0.3, 0.4) is 0 Å². The molecule has 3 N–H and O–H groups in total. The second kappa shape index (κ2) is 11.1. The molecule has 0 radical (unpaired) electrons. The summed E-state index contributed by atoms with van der Waals surface area (Å²) in [6.07, 6.45) is -0.164. The Bertz CT molecular complexity index is 998. The number of halogens is 2.